The standard InChI is InChI=1S/C12H9Cl2N3O2/c1-19-10-3-2-7(13)4-9(10)17-12-8(5-18)11(14)15-6-16-12/h2-6H,1H3,(H,15,16,17). The number of methoxy groups -OCH3 is 1. The van der Waals surface area contributed by atoms with Gasteiger partial charge in [-0.05, 0) is 18.2 Å². The van der Waals surface area contributed by atoms with Gasteiger partial charge in [-0.1, -0.05) is 23.2 Å². The Balaban J connectivity index is 2.44. The second-order valence-corrected chi connectivity index (χ2v) is 4.31. The van der Waals surface area contributed by atoms with Crippen LogP contribution in [0.5, 0.6) is 5.75 Å². The summed E-state index contributed by atoms with van der Waals surface area (Å²) in [7, 11) is 1.53. The van der Waals surface area contributed by atoms with E-state index < -0.39 is 0 Å². The molecule has 1 N–H and O–H groups in total. The number of rotatable bonds is 4. The Labute approximate surface area is 119 Å². The number of ether oxygens (including phenoxy) is 1. The van der Waals surface area contributed by atoms with E-state index in [4.69, 9.17) is 27.9 Å². The molecule has 2 aromatic rings. The van der Waals surface area contributed by atoms with Crippen molar-refractivity contribution >= 4 is 41.0 Å². The predicted octanol–water partition coefficient (Wildman–Crippen LogP) is 3.35. The van der Waals surface area contributed by atoms with Crippen molar-refractivity contribution in [3.63, 3.8) is 0 Å². The van der Waals surface area contributed by atoms with Crippen molar-refractivity contribution in [2.24, 2.45) is 0 Å². The molecule has 0 unspecified atom stereocenters. The van der Waals surface area contributed by atoms with Crippen LogP contribution < -0.4 is 10.1 Å². The number of carbonyl (C=O) groups excluding carboxylic acids is 1. The fourth-order valence-corrected chi connectivity index (χ4v) is 1.83. The van der Waals surface area contributed by atoms with Crippen LogP contribution in [0.3, 0.4) is 0 Å². The van der Waals surface area contributed by atoms with E-state index in [9.17, 15) is 4.79 Å². The molecule has 5 nitrogen and oxygen atoms in total. The van der Waals surface area contributed by atoms with Crippen LogP contribution >= 0.6 is 23.2 Å². The molecular formula is C12H9Cl2N3O2. The fourth-order valence-electron chi connectivity index (χ4n) is 1.48. The van der Waals surface area contributed by atoms with Crippen molar-refractivity contribution in [2.75, 3.05) is 12.4 Å². The molecule has 0 bridgehead atoms. The average Bonchev–Trinajstić information content (AvgIpc) is 2.39. The number of benzene rings is 1. The number of nitrogens with zero attached hydrogens (tertiary/aromatic N) is 2. The molecule has 7 heteroatoms. The first-order valence-electron chi connectivity index (χ1n) is 5.22. The van der Waals surface area contributed by atoms with Crippen molar-refractivity contribution in [1.29, 1.82) is 0 Å². The Morgan fingerprint density at radius 2 is 2.11 bits per heavy atom. The molecular weight excluding hydrogens is 289 g/mol. The zero-order valence-corrected chi connectivity index (χ0v) is 11.4. The van der Waals surface area contributed by atoms with Gasteiger partial charge in [0.25, 0.3) is 0 Å². The van der Waals surface area contributed by atoms with E-state index in [1.807, 2.05) is 0 Å². The normalized spacial score (nSPS) is 10.1. The van der Waals surface area contributed by atoms with Gasteiger partial charge in [-0.2, -0.15) is 0 Å². The van der Waals surface area contributed by atoms with E-state index >= 15 is 0 Å². The van der Waals surface area contributed by atoms with Crippen LogP contribution in [0, 0.1) is 0 Å². The highest BCUT2D eigenvalue weighted by Crippen LogP contribution is 2.31. The van der Waals surface area contributed by atoms with Gasteiger partial charge in [0.1, 0.15) is 23.0 Å². The summed E-state index contributed by atoms with van der Waals surface area (Å²) in [5.74, 6) is 0.853. The average molecular weight is 298 g/mol. The number of hydrogen-bond donors (Lipinski definition) is 1. The molecule has 0 atom stereocenters. The molecule has 0 amide bonds. The molecule has 0 aliphatic carbocycles. The molecule has 1 aromatic heterocycles. The molecule has 98 valence electrons. The van der Waals surface area contributed by atoms with Gasteiger partial charge in [0.2, 0.25) is 0 Å². The van der Waals surface area contributed by atoms with E-state index in [1.54, 1.807) is 18.2 Å². The Hall–Kier alpha value is -1.85. The summed E-state index contributed by atoms with van der Waals surface area (Å²) in [5.41, 5.74) is 0.749. The number of nitrogens with one attached hydrogen (secondary N) is 1. The lowest BCUT2D eigenvalue weighted by atomic mass is 10.2. The van der Waals surface area contributed by atoms with Crippen molar-refractivity contribution < 1.29 is 9.53 Å². The summed E-state index contributed by atoms with van der Waals surface area (Å²) in [6.07, 6.45) is 1.84. The van der Waals surface area contributed by atoms with E-state index in [0.717, 1.165) is 0 Å². The van der Waals surface area contributed by atoms with Crippen LogP contribution in [0.1, 0.15) is 10.4 Å². The zero-order valence-electron chi connectivity index (χ0n) is 9.85. The predicted molar refractivity (Wildman–Crippen MR) is 73.7 cm³/mol. The first-order chi connectivity index (χ1) is 9.15. The minimum absolute atomic E-state index is 0.0773. The Morgan fingerprint density at radius 1 is 1.32 bits per heavy atom. The number of hydrogen-bond acceptors (Lipinski definition) is 5. The van der Waals surface area contributed by atoms with Gasteiger partial charge in [-0.15, -0.1) is 0 Å². The van der Waals surface area contributed by atoms with E-state index in [2.05, 4.69) is 15.3 Å². The van der Waals surface area contributed by atoms with Crippen LogP contribution in [-0.2, 0) is 0 Å². The Morgan fingerprint density at radius 3 is 2.79 bits per heavy atom. The van der Waals surface area contributed by atoms with Gasteiger partial charge in [0, 0.05) is 5.02 Å². The maximum Gasteiger partial charge on any atom is 0.156 e. The highest BCUT2D eigenvalue weighted by Gasteiger charge is 2.11. The molecule has 19 heavy (non-hydrogen) atoms. The van der Waals surface area contributed by atoms with E-state index in [0.29, 0.717) is 22.7 Å². The minimum Gasteiger partial charge on any atom is -0.495 e. The van der Waals surface area contributed by atoms with Gasteiger partial charge in [-0.25, -0.2) is 9.97 Å². The van der Waals surface area contributed by atoms with Crippen LogP contribution in [0.2, 0.25) is 10.2 Å². The van der Waals surface area contributed by atoms with Crippen LogP contribution in [0.25, 0.3) is 0 Å². The van der Waals surface area contributed by atoms with Gasteiger partial charge in [0.15, 0.2) is 6.29 Å². The number of halogens is 2. The molecule has 2 rings (SSSR count). The maximum atomic E-state index is 11.0. The minimum atomic E-state index is 0.0773. The van der Waals surface area contributed by atoms with Gasteiger partial charge in [0.05, 0.1) is 18.4 Å². The third-order valence-corrected chi connectivity index (χ3v) is 2.90. The molecule has 0 radical (unpaired) electrons. The smallest absolute Gasteiger partial charge is 0.156 e. The number of anilines is 2. The van der Waals surface area contributed by atoms with Crippen LogP contribution in [0.4, 0.5) is 11.5 Å². The molecule has 1 heterocycles. The summed E-state index contributed by atoms with van der Waals surface area (Å²) in [5, 5.41) is 3.55. The summed E-state index contributed by atoms with van der Waals surface area (Å²) in [6.45, 7) is 0. The quantitative estimate of drug-likeness (QED) is 0.692. The monoisotopic (exact) mass is 297 g/mol. The lowest BCUT2D eigenvalue weighted by molar-refractivity contribution is 0.112. The lowest BCUT2D eigenvalue weighted by Gasteiger charge is -2.12. The first-order valence-corrected chi connectivity index (χ1v) is 5.97. The molecule has 0 aliphatic rings. The van der Waals surface area contributed by atoms with Crippen molar-refractivity contribution in [3.05, 3.63) is 40.3 Å². The second kappa shape index (κ2) is 5.86. The molecule has 0 aliphatic heterocycles. The maximum absolute atomic E-state index is 11.0. The Bertz CT molecular complexity index is 620. The number of aldehydes is 1. The van der Waals surface area contributed by atoms with Gasteiger partial charge >= 0.3 is 0 Å². The number of aromatic nitrogens is 2. The topological polar surface area (TPSA) is 64.1 Å². The Kier molecular flexibility index (Phi) is 4.19. The molecule has 0 spiro atoms. The van der Waals surface area contributed by atoms with Crippen LogP contribution in [0.15, 0.2) is 24.5 Å². The third kappa shape index (κ3) is 2.94. The second-order valence-electron chi connectivity index (χ2n) is 3.51. The largest absolute Gasteiger partial charge is 0.495 e. The molecule has 0 saturated heterocycles. The number of carbonyl (C=O) groups is 1. The lowest BCUT2D eigenvalue weighted by Crippen LogP contribution is -2.02. The summed E-state index contributed by atoms with van der Waals surface area (Å²) in [6, 6.07) is 5.05. The third-order valence-electron chi connectivity index (χ3n) is 2.37. The van der Waals surface area contributed by atoms with Crippen molar-refractivity contribution in [3.8, 4) is 5.75 Å². The molecule has 0 saturated carbocycles. The molecule has 0 fully saturated rings. The van der Waals surface area contributed by atoms with E-state index in [1.165, 1.54) is 13.4 Å². The van der Waals surface area contributed by atoms with Crippen molar-refractivity contribution in [1.82, 2.24) is 9.97 Å². The summed E-state index contributed by atoms with van der Waals surface area (Å²) < 4.78 is 5.19. The highest BCUT2D eigenvalue weighted by atomic mass is 35.5. The SMILES string of the molecule is COc1ccc(Cl)cc1Nc1ncnc(Cl)c1C=O. The van der Waals surface area contributed by atoms with Gasteiger partial charge < -0.3 is 10.1 Å². The zero-order chi connectivity index (χ0) is 13.8. The van der Waals surface area contributed by atoms with Gasteiger partial charge in [-0.3, -0.25) is 4.79 Å². The summed E-state index contributed by atoms with van der Waals surface area (Å²) in [4.78, 5) is 18.7. The first kappa shape index (κ1) is 13.6. The summed E-state index contributed by atoms with van der Waals surface area (Å²) >= 11 is 11.7. The van der Waals surface area contributed by atoms with E-state index in [-0.39, 0.29) is 16.5 Å². The molecule has 1 aromatic carbocycles. The van der Waals surface area contributed by atoms with Crippen molar-refractivity contribution in [2.45, 2.75) is 0 Å². The van der Waals surface area contributed by atoms with Crippen LogP contribution in [-0.4, -0.2) is 23.4 Å². The fraction of sp³-hybridized carbons (Fsp3) is 0.0833. The highest BCUT2D eigenvalue weighted by molar-refractivity contribution is 6.32.